The molecule has 0 heterocycles. The van der Waals surface area contributed by atoms with E-state index in [0.717, 1.165) is 20.7 Å². The first-order chi connectivity index (χ1) is 9.10. The molecule has 4 heteroatoms. The van der Waals surface area contributed by atoms with Crippen LogP contribution < -0.4 is 11.1 Å². The molecule has 0 saturated heterocycles. The largest absolute Gasteiger partial charge is 0.377 e. The van der Waals surface area contributed by atoms with Gasteiger partial charge >= 0.3 is 0 Å². The third-order valence-electron chi connectivity index (χ3n) is 3.01. The summed E-state index contributed by atoms with van der Waals surface area (Å²) in [5, 5.41) is 4.20. The lowest BCUT2D eigenvalue weighted by Crippen LogP contribution is -2.21. The molecule has 0 radical (unpaired) electrons. The zero-order chi connectivity index (χ0) is 13.8. The summed E-state index contributed by atoms with van der Waals surface area (Å²) in [5.74, 6) is 0. The van der Waals surface area contributed by atoms with E-state index in [1.54, 1.807) is 0 Å². The molecule has 0 bridgehead atoms. The van der Waals surface area contributed by atoms with Crippen molar-refractivity contribution in [2.24, 2.45) is 5.73 Å². The highest BCUT2D eigenvalue weighted by Gasteiger charge is 2.12. The molecule has 0 aromatic heterocycles. The molecule has 100 valence electrons. The lowest BCUT2D eigenvalue weighted by molar-refractivity contribution is 0.783. The second-order valence-corrected chi connectivity index (χ2v) is 5.80. The van der Waals surface area contributed by atoms with Gasteiger partial charge in [-0.25, -0.2) is 0 Å². The standard InChI is InChI=1S/C15H16BrClN2/c1-10-7-12(17)5-6-14(10)15(9-18)19-13-4-2-3-11(16)8-13/h2-8,15,19H,9,18H2,1H3. The van der Waals surface area contributed by atoms with Crippen LogP contribution in [0.1, 0.15) is 17.2 Å². The molecule has 0 spiro atoms. The zero-order valence-corrected chi connectivity index (χ0v) is 13.0. The van der Waals surface area contributed by atoms with Gasteiger partial charge in [-0.3, -0.25) is 0 Å². The number of hydrogen-bond acceptors (Lipinski definition) is 2. The lowest BCUT2D eigenvalue weighted by Gasteiger charge is -2.21. The van der Waals surface area contributed by atoms with Crippen molar-refractivity contribution in [1.29, 1.82) is 0 Å². The molecule has 2 aromatic rings. The van der Waals surface area contributed by atoms with Crippen molar-refractivity contribution in [2.45, 2.75) is 13.0 Å². The molecule has 1 unspecified atom stereocenters. The Kier molecular flexibility index (Phi) is 4.86. The Hall–Kier alpha value is -1.03. The number of halogens is 2. The molecule has 0 aliphatic carbocycles. The fourth-order valence-corrected chi connectivity index (χ4v) is 2.70. The van der Waals surface area contributed by atoms with E-state index in [1.165, 1.54) is 5.56 Å². The van der Waals surface area contributed by atoms with E-state index in [1.807, 2.05) is 49.4 Å². The monoisotopic (exact) mass is 338 g/mol. The van der Waals surface area contributed by atoms with Crippen molar-refractivity contribution in [1.82, 2.24) is 0 Å². The maximum atomic E-state index is 5.99. The van der Waals surface area contributed by atoms with Crippen molar-refractivity contribution < 1.29 is 0 Å². The van der Waals surface area contributed by atoms with Gasteiger partial charge in [0.1, 0.15) is 0 Å². The van der Waals surface area contributed by atoms with Gasteiger partial charge in [-0.1, -0.05) is 39.7 Å². The van der Waals surface area contributed by atoms with Gasteiger partial charge in [0.25, 0.3) is 0 Å². The molecule has 2 nitrogen and oxygen atoms in total. The van der Waals surface area contributed by atoms with Gasteiger partial charge in [0.15, 0.2) is 0 Å². The smallest absolute Gasteiger partial charge is 0.0638 e. The SMILES string of the molecule is Cc1cc(Cl)ccc1C(CN)Nc1cccc(Br)c1. The van der Waals surface area contributed by atoms with Crippen LogP contribution in [0.15, 0.2) is 46.9 Å². The van der Waals surface area contributed by atoms with E-state index >= 15 is 0 Å². The van der Waals surface area contributed by atoms with Crippen LogP contribution in [-0.4, -0.2) is 6.54 Å². The minimum absolute atomic E-state index is 0.0755. The van der Waals surface area contributed by atoms with E-state index in [2.05, 4.69) is 21.2 Å². The quantitative estimate of drug-likeness (QED) is 0.859. The van der Waals surface area contributed by atoms with Gasteiger partial charge in [-0.15, -0.1) is 0 Å². The molecule has 3 N–H and O–H groups in total. The number of nitrogens with one attached hydrogen (secondary N) is 1. The summed E-state index contributed by atoms with van der Waals surface area (Å²) < 4.78 is 1.04. The fraction of sp³-hybridized carbons (Fsp3) is 0.200. The average Bonchev–Trinajstić information content (AvgIpc) is 2.37. The number of hydrogen-bond donors (Lipinski definition) is 2. The number of rotatable bonds is 4. The van der Waals surface area contributed by atoms with Crippen molar-refractivity contribution in [3.8, 4) is 0 Å². The van der Waals surface area contributed by atoms with Gasteiger partial charge in [0.2, 0.25) is 0 Å². The maximum absolute atomic E-state index is 5.99. The molecule has 19 heavy (non-hydrogen) atoms. The van der Waals surface area contributed by atoms with Gasteiger partial charge in [-0.2, -0.15) is 0 Å². The van der Waals surface area contributed by atoms with Gasteiger partial charge < -0.3 is 11.1 Å². The first-order valence-corrected chi connectivity index (χ1v) is 7.25. The topological polar surface area (TPSA) is 38.0 Å². The summed E-state index contributed by atoms with van der Waals surface area (Å²) in [5.41, 5.74) is 9.25. The Labute approximate surface area is 127 Å². The summed E-state index contributed by atoms with van der Waals surface area (Å²) >= 11 is 9.45. The summed E-state index contributed by atoms with van der Waals surface area (Å²) in [6.45, 7) is 2.57. The van der Waals surface area contributed by atoms with Gasteiger partial charge in [-0.05, 0) is 48.4 Å². The Bertz CT molecular complexity index is 572. The Morgan fingerprint density at radius 1 is 1.26 bits per heavy atom. The number of anilines is 1. The molecular formula is C15H16BrClN2. The number of nitrogens with two attached hydrogens (primary N) is 1. The highest BCUT2D eigenvalue weighted by atomic mass is 79.9. The van der Waals surface area contributed by atoms with Crippen molar-refractivity contribution in [2.75, 3.05) is 11.9 Å². The van der Waals surface area contributed by atoms with Crippen molar-refractivity contribution >= 4 is 33.2 Å². The molecule has 0 aliphatic rings. The predicted octanol–water partition coefficient (Wildman–Crippen LogP) is 4.52. The van der Waals surface area contributed by atoms with Crippen LogP contribution in [-0.2, 0) is 0 Å². The lowest BCUT2D eigenvalue weighted by atomic mass is 10.0. The summed E-state index contributed by atoms with van der Waals surface area (Å²) in [7, 11) is 0. The van der Waals surface area contributed by atoms with E-state index in [4.69, 9.17) is 17.3 Å². The molecule has 0 amide bonds. The highest BCUT2D eigenvalue weighted by Crippen LogP contribution is 2.25. The molecular weight excluding hydrogens is 324 g/mol. The predicted molar refractivity (Wildman–Crippen MR) is 85.7 cm³/mol. The van der Waals surface area contributed by atoms with Gasteiger partial charge in [0, 0.05) is 21.7 Å². The van der Waals surface area contributed by atoms with Crippen LogP contribution in [0.4, 0.5) is 5.69 Å². The maximum Gasteiger partial charge on any atom is 0.0638 e. The van der Waals surface area contributed by atoms with E-state index in [-0.39, 0.29) is 6.04 Å². The molecule has 0 aliphatic heterocycles. The number of aryl methyl sites for hydroxylation is 1. The zero-order valence-electron chi connectivity index (χ0n) is 10.7. The fourth-order valence-electron chi connectivity index (χ4n) is 2.07. The summed E-state index contributed by atoms with van der Waals surface area (Å²) in [6.07, 6.45) is 0. The van der Waals surface area contributed by atoms with Crippen LogP contribution >= 0.6 is 27.5 Å². The minimum atomic E-state index is 0.0755. The van der Waals surface area contributed by atoms with E-state index < -0.39 is 0 Å². The molecule has 0 saturated carbocycles. The number of benzene rings is 2. The Balaban J connectivity index is 2.25. The summed E-state index contributed by atoms with van der Waals surface area (Å²) in [4.78, 5) is 0. The molecule has 0 fully saturated rings. The van der Waals surface area contributed by atoms with Gasteiger partial charge in [0.05, 0.1) is 6.04 Å². The van der Waals surface area contributed by atoms with Crippen LogP contribution in [0.2, 0.25) is 5.02 Å². The Morgan fingerprint density at radius 3 is 2.68 bits per heavy atom. The minimum Gasteiger partial charge on any atom is -0.377 e. The van der Waals surface area contributed by atoms with E-state index in [9.17, 15) is 0 Å². The third kappa shape index (κ3) is 3.72. The second kappa shape index (κ2) is 6.42. The average molecular weight is 340 g/mol. The molecule has 1 atom stereocenters. The highest BCUT2D eigenvalue weighted by molar-refractivity contribution is 9.10. The summed E-state index contributed by atoms with van der Waals surface area (Å²) in [6, 6.07) is 14.0. The van der Waals surface area contributed by atoms with Crippen LogP contribution in [0.5, 0.6) is 0 Å². The van der Waals surface area contributed by atoms with Crippen molar-refractivity contribution in [3.05, 3.63) is 63.1 Å². The molecule has 2 aromatic carbocycles. The van der Waals surface area contributed by atoms with Crippen LogP contribution in [0, 0.1) is 6.92 Å². The normalized spacial score (nSPS) is 12.2. The van der Waals surface area contributed by atoms with E-state index in [0.29, 0.717) is 6.54 Å². The van der Waals surface area contributed by atoms with Crippen LogP contribution in [0.25, 0.3) is 0 Å². The van der Waals surface area contributed by atoms with Crippen LogP contribution in [0.3, 0.4) is 0 Å². The molecule has 2 rings (SSSR count). The first-order valence-electron chi connectivity index (χ1n) is 6.08. The van der Waals surface area contributed by atoms with Crippen molar-refractivity contribution in [3.63, 3.8) is 0 Å². The third-order valence-corrected chi connectivity index (χ3v) is 3.74. The first kappa shape index (κ1) is 14.4. The second-order valence-electron chi connectivity index (χ2n) is 4.44. The Morgan fingerprint density at radius 2 is 2.05 bits per heavy atom.